The van der Waals surface area contributed by atoms with Crippen molar-refractivity contribution in [3.63, 3.8) is 0 Å². The zero-order valence-electron chi connectivity index (χ0n) is 13.8. The molecule has 5 rings (SSSR count). The van der Waals surface area contributed by atoms with E-state index in [9.17, 15) is 0 Å². The molecule has 0 aliphatic rings. The quantitative estimate of drug-likeness (QED) is 0.246. The molecule has 3 aromatic heterocycles. The normalized spacial score (nSPS) is 11.6. The Balaban J connectivity index is 2.07. The van der Waals surface area contributed by atoms with Gasteiger partial charge < -0.3 is 0 Å². The highest BCUT2D eigenvalue weighted by Crippen LogP contribution is 2.35. The van der Waals surface area contributed by atoms with E-state index in [1.165, 1.54) is 42.3 Å². The van der Waals surface area contributed by atoms with Crippen LogP contribution >= 0.6 is 22.6 Å². The maximum atomic E-state index is 2.50. The van der Waals surface area contributed by atoms with Gasteiger partial charge in [-0.25, -0.2) is 4.40 Å². The highest BCUT2D eigenvalue weighted by atomic mass is 127. The minimum Gasteiger partial charge on any atom is -0.202 e. The van der Waals surface area contributed by atoms with E-state index in [2.05, 4.69) is 117 Å². The SMILES string of the molecule is Cc1ccc(-c2c(I)c3ccccc3c3c[n+]4ccccc4n23)cc1. The number of aromatic nitrogens is 2. The van der Waals surface area contributed by atoms with Gasteiger partial charge in [0, 0.05) is 22.4 Å². The van der Waals surface area contributed by atoms with Crippen LogP contribution in [0.15, 0.2) is 79.1 Å². The van der Waals surface area contributed by atoms with Crippen LogP contribution in [0, 0.1) is 10.5 Å². The number of rotatable bonds is 1. The zero-order chi connectivity index (χ0) is 17.0. The minimum absolute atomic E-state index is 1.18. The Hall–Kier alpha value is -2.40. The predicted octanol–water partition coefficient (Wildman–Crippen LogP) is 5.41. The third kappa shape index (κ3) is 2.19. The lowest BCUT2D eigenvalue weighted by Crippen LogP contribution is -2.17. The van der Waals surface area contributed by atoms with Crippen LogP contribution < -0.4 is 4.40 Å². The Morgan fingerprint density at radius 2 is 1.56 bits per heavy atom. The molecule has 120 valence electrons. The number of nitrogens with zero attached hydrogens (tertiary/aromatic N) is 2. The average molecular weight is 435 g/mol. The Labute approximate surface area is 159 Å². The minimum atomic E-state index is 1.18. The molecule has 0 fully saturated rings. The Morgan fingerprint density at radius 3 is 2.36 bits per heavy atom. The molecule has 0 unspecified atom stereocenters. The first-order chi connectivity index (χ1) is 12.2. The van der Waals surface area contributed by atoms with Crippen molar-refractivity contribution in [3.8, 4) is 11.3 Å². The van der Waals surface area contributed by atoms with Crippen LogP contribution in [0.1, 0.15) is 5.56 Å². The molecule has 0 spiro atoms. The van der Waals surface area contributed by atoms with Gasteiger partial charge in [-0.05, 0) is 41.6 Å². The van der Waals surface area contributed by atoms with E-state index in [0.29, 0.717) is 0 Å². The molecule has 0 aliphatic carbocycles. The fourth-order valence-corrected chi connectivity index (χ4v) is 4.60. The summed E-state index contributed by atoms with van der Waals surface area (Å²) in [5, 5.41) is 2.58. The number of hydrogen-bond acceptors (Lipinski definition) is 0. The second-order valence-electron chi connectivity index (χ2n) is 6.39. The molecule has 3 heterocycles. The van der Waals surface area contributed by atoms with Crippen molar-refractivity contribution in [1.82, 2.24) is 4.40 Å². The van der Waals surface area contributed by atoms with E-state index < -0.39 is 0 Å². The van der Waals surface area contributed by atoms with Gasteiger partial charge >= 0.3 is 0 Å². The van der Waals surface area contributed by atoms with Crippen LogP contribution in [-0.2, 0) is 0 Å². The number of imidazole rings is 1. The molecule has 0 saturated carbocycles. The van der Waals surface area contributed by atoms with E-state index >= 15 is 0 Å². The third-order valence-electron chi connectivity index (χ3n) is 4.79. The summed E-state index contributed by atoms with van der Waals surface area (Å²) in [5.74, 6) is 0. The maximum Gasteiger partial charge on any atom is 0.291 e. The van der Waals surface area contributed by atoms with Crippen molar-refractivity contribution in [1.29, 1.82) is 0 Å². The van der Waals surface area contributed by atoms with Crippen molar-refractivity contribution in [2.24, 2.45) is 0 Å². The standard InChI is InChI=1S/C22H16IN2/c1-15-9-11-16(12-10-15)22-21(23)18-7-3-2-6-17(18)19-14-24-13-5-4-8-20(24)25(19)22/h2-14H,1H3/q+1. The first-order valence-electron chi connectivity index (χ1n) is 8.33. The third-order valence-corrected chi connectivity index (χ3v) is 5.89. The van der Waals surface area contributed by atoms with Gasteiger partial charge in [0.25, 0.3) is 5.65 Å². The van der Waals surface area contributed by atoms with Crippen molar-refractivity contribution in [2.45, 2.75) is 6.92 Å². The number of hydrogen-bond donors (Lipinski definition) is 0. The van der Waals surface area contributed by atoms with Gasteiger partial charge in [-0.1, -0.05) is 54.1 Å². The number of pyridine rings is 2. The van der Waals surface area contributed by atoms with Crippen molar-refractivity contribution < 1.29 is 4.40 Å². The molecule has 0 aliphatic heterocycles. The summed E-state index contributed by atoms with van der Waals surface area (Å²) < 4.78 is 5.87. The first-order valence-corrected chi connectivity index (χ1v) is 9.40. The molecule has 0 radical (unpaired) electrons. The van der Waals surface area contributed by atoms with Gasteiger partial charge in [0.15, 0.2) is 11.2 Å². The average Bonchev–Trinajstić information content (AvgIpc) is 3.03. The highest BCUT2D eigenvalue weighted by molar-refractivity contribution is 14.1. The van der Waals surface area contributed by atoms with E-state index in [1.807, 2.05) is 0 Å². The van der Waals surface area contributed by atoms with E-state index in [0.717, 1.165) is 0 Å². The fraction of sp³-hybridized carbons (Fsp3) is 0.0455. The molecule has 2 nitrogen and oxygen atoms in total. The van der Waals surface area contributed by atoms with Crippen LogP contribution in [0.4, 0.5) is 0 Å². The van der Waals surface area contributed by atoms with Crippen molar-refractivity contribution >= 4 is 44.5 Å². The summed E-state index contributed by atoms with van der Waals surface area (Å²) in [7, 11) is 0. The van der Waals surface area contributed by atoms with Crippen LogP contribution in [-0.4, -0.2) is 4.40 Å². The summed E-state index contributed by atoms with van der Waals surface area (Å²) >= 11 is 2.50. The number of aryl methyl sites for hydroxylation is 1. The second-order valence-corrected chi connectivity index (χ2v) is 7.47. The molecule has 0 N–H and O–H groups in total. The van der Waals surface area contributed by atoms with Gasteiger partial charge in [0.05, 0.1) is 9.77 Å². The van der Waals surface area contributed by atoms with E-state index in [-0.39, 0.29) is 0 Å². The van der Waals surface area contributed by atoms with Crippen LogP contribution in [0.2, 0.25) is 0 Å². The van der Waals surface area contributed by atoms with Crippen LogP contribution in [0.5, 0.6) is 0 Å². The lowest BCUT2D eigenvalue weighted by Gasteiger charge is -2.09. The lowest BCUT2D eigenvalue weighted by molar-refractivity contribution is -0.509. The molecule has 5 aromatic rings. The number of fused-ring (bicyclic) bond motifs is 5. The fourth-order valence-electron chi connectivity index (χ4n) is 3.57. The molecule has 2 aromatic carbocycles. The van der Waals surface area contributed by atoms with Gasteiger partial charge in [0.2, 0.25) is 0 Å². The monoisotopic (exact) mass is 435 g/mol. The molecule has 3 heteroatoms. The van der Waals surface area contributed by atoms with Crippen molar-refractivity contribution in [2.75, 3.05) is 0 Å². The molecular weight excluding hydrogens is 419 g/mol. The Kier molecular flexibility index (Phi) is 3.31. The summed E-state index contributed by atoms with van der Waals surface area (Å²) in [5.41, 5.74) is 6.19. The van der Waals surface area contributed by atoms with Crippen LogP contribution in [0.3, 0.4) is 0 Å². The van der Waals surface area contributed by atoms with Gasteiger partial charge in [0.1, 0.15) is 6.20 Å². The Morgan fingerprint density at radius 1 is 0.840 bits per heavy atom. The zero-order valence-corrected chi connectivity index (χ0v) is 15.9. The summed E-state index contributed by atoms with van der Waals surface area (Å²) in [4.78, 5) is 0. The summed E-state index contributed by atoms with van der Waals surface area (Å²) in [6, 6.07) is 23.8. The number of halogens is 1. The topological polar surface area (TPSA) is 8.51 Å². The lowest BCUT2D eigenvalue weighted by atomic mass is 10.0. The maximum absolute atomic E-state index is 2.50. The Bertz CT molecular complexity index is 1250. The first kappa shape index (κ1) is 14.9. The van der Waals surface area contributed by atoms with Crippen molar-refractivity contribution in [3.05, 3.63) is 88.3 Å². The van der Waals surface area contributed by atoms with Gasteiger partial charge in [-0.3, -0.25) is 0 Å². The smallest absolute Gasteiger partial charge is 0.202 e. The van der Waals surface area contributed by atoms with E-state index in [1.54, 1.807) is 0 Å². The van der Waals surface area contributed by atoms with E-state index in [4.69, 9.17) is 0 Å². The summed E-state index contributed by atoms with van der Waals surface area (Å²) in [6.07, 6.45) is 4.34. The second kappa shape index (κ2) is 5.56. The molecule has 25 heavy (non-hydrogen) atoms. The molecule has 0 atom stereocenters. The molecule has 0 amide bonds. The van der Waals surface area contributed by atoms with Crippen LogP contribution in [0.25, 0.3) is 33.2 Å². The molecule has 0 bridgehead atoms. The van der Waals surface area contributed by atoms with Gasteiger partial charge in [-0.2, -0.15) is 4.40 Å². The van der Waals surface area contributed by atoms with Gasteiger partial charge in [-0.15, -0.1) is 0 Å². The molecule has 0 saturated heterocycles. The summed E-state index contributed by atoms with van der Waals surface area (Å²) in [6.45, 7) is 2.13. The predicted molar refractivity (Wildman–Crippen MR) is 111 cm³/mol. The highest BCUT2D eigenvalue weighted by Gasteiger charge is 2.23. The molecular formula is C22H16IN2+. The number of benzene rings is 2. The largest absolute Gasteiger partial charge is 0.291 e.